The molecule has 0 N–H and O–H groups in total. The molecule has 246 valence electrons. The van der Waals surface area contributed by atoms with E-state index in [1.165, 1.54) is 76.5 Å². The van der Waals surface area contributed by atoms with Crippen LogP contribution in [0, 0.1) is 0 Å². The summed E-state index contributed by atoms with van der Waals surface area (Å²) >= 11 is 0. The Bertz CT molecular complexity index is 3150. The van der Waals surface area contributed by atoms with E-state index in [-0.39, 0.29) is 0 Å². The molecule has 0 saturated heterocycles. The van der Waals surface area contributed by atoms with E-state index in [0.29, 0.717) is 0 Å². The van der Waals surface area contributed by atoms with E-state index in [4.69, 9.17) is 4.42 Å². The van der Waals surface area contributed by atoms with Crippen molar-refractivity contribution < 1.29 is 4.42 Å². The van der Waals surface area contributed by atoms with Gasteiger partial charge < -0.3 is 4.42 Å². The fourth-order valence-corrected chi connectivity index (χ4v) is 8.80. The van der Waals surface area contributed by atoms with Crippen LogP contribution in [0.3, 0.4) is 0 Å². The highest BCUT2D eigenvalue weighted by molar-refractivity contribution is 6.29. The maximum atomic E-state index is 6.75. The molecular formula is C52H32O. The van der Waals surface area contributed by atoms with Crippen molar-refractivity contribution in [3.63, 3.8) is 0 Å². The second kappa shape index (κ2) is 11.8. The van der Waals surface area contributed by atoms with Crippen LogP contribution in [0.25, 0.3) is 110 Å². The summed E-state index contributed by atoms with van der Waals surface area (Å²) in [6, 6.07) is 70.4. The molecule has 0 bridgehead atoms. The summed E-state index contributed by atoms with van der Waals surface area (Å²) in [4.78, 5) is 0. The van der Waals surface area contributed by atoms with Crippen molar-refractivity contribution in [2.75, 3.05) is 0 Å². The van der Waals surface area contributed by atoms with Crippen molar-refractivity contribution in [1.82, 2.24) is 0 Å². The van der Waals surface area contributed by atoms with Crippen LogP contribution in [0.2, 0.25) is 0 Å². The molecule has 0 atom stereocenters. The van der Waals surface area contributed by atoms with Gasteiger partial charge in [0.25, 0.3) is 0 Å². The number of benzene rings is 10. The Hall–Kier alpha value is -6.96. The van der Waals surface area contributed by atoms with Crippen LogP contribution < -0.4 is 0 Å². The van der Waals surface area contributed by atoms with Gasteiger partial charge >= 0.3 is 0 Å². The minimum absolute atomic E-state index is 0.898. The number of hydrogen-bond donors (Lipinski definition) is 0. The predicted molar refractivity (Wildman–Crippen MR) is 225 cm³/mol. The van der Waals surface area contributed by atoms with Gasteiger partial charge in [-0.2, -0.15) is 0 Å². The average Bonchev–Trinajstić information content (AvgIpc) is 3.63. The van der Waals surface area contributed by atoms with Crippen LogP contribution in [0.15, 0.2) is 199 Å². The third-order valence-electron chi connectivity index (χ3n) is 11.1. The van der Waals surface area contributed by atoms with Crippen LogP contribution >= 0.6 is 0 Å². The Kier molecular flexibility index (Phi) is 6.62. The predicted octanol–water partition coefficient (Wildman–Crippen LogP) is 14.9. The molecule has 1 heteroatoms. The molecule has 0 unspecified atom stereocenters. The average molecular weight is 673 g/mol. The summed E-state index contributed by atoms with van der Waals surface area (Å²) < 4.78 is 6.75. The minimum Gasteiger partial charge on any atom is -0.455 e. The lowest BCUT2D eigenvalue weighted by atomic mass is 9.82. The van der Waals surface area contributed by atoms with Gasteiger partial charge in [-0.15, -0.1) is 0 Å². The third-order valence-corrected chi connectivity index (χ3v) is 11.1. The molecule has 0 spiro atoms. The van der Waals surface area contributed by atoms with Crippen molar-refractivity contribution in [3.05, 3.63) is 194 Å². The molecule has 0 aliphatic carbocycles. The first kappa shape index (κ1) is 29.7. The number of rotatable bonds is 4. The van der Waals surface area contributed by atoms with Crippen LogP contribution in [0.1, 0.15) is 0 Å². The van der Waals surface area contributed by atoms with Gasteiger partial charge in [0.05, 0.1) is 0 Å². The number of para-hydroxylation sites is 1. The highest BCUT2D eigenvalue weighted by Gasteiger charge is 2.23. The van der Waals surface area contributed by atoms with Crippen molar-refractivity contribution in [2.45, 2.75) is 0 Å². The topological polar surface area (TPSA) is 13.1 Å². The molecular weight excluding hydrogens is 641 g/mol. The molecule has 53 heavy (non-hydrogen) atoms. The fourth-order valence-electron chi connectivity index (χ4n) is 8.80. The number of furan rings is 1. The first-order chi connectivity index (χ1) is 26.3. The maximum absolute atomic E-state index is 6.75. The van der Waals surface area contributed by atoms with Crippen molar-refractivity contribution in [3.8, 4) is 44.5 Å². The van der Waals surface area contributed by atoms with Gasteiger partial charge in [-0.1, -0.05) is 176 Å². The molecule has 0 aliphatic heterocycles. The lowest BCUT2D eigenvalue weighted by Crippen LogP contribution is -1.93. The first-order valence-corrected chi connectivity index (χ1v) is 18.3. The van der Waals surface area contributed by atoms with Gasteiger partial charge in [0.15, 0.2) is 0 Å². The summed E-state index contributed by atoms with van der Waals surface area (Å²) in [7, 11) is 0. The van der Waals surface area contributed by atoms with E-state index < -0.39 is 0 Å². The maximum Gasteiger partial charge on any atom is 0.143 e. The largest absolute Gasteiger partial charge is 0.455 e. The van der Waals surface area contributed by atoms with E-state index in [9.17, 15) is 0 Å². The summed E-state index contributed by atoms with van der Waals surface area (Å²) in [5.74, 6) is 0. The summed E-state index contributed by atoms with van der Waals surface area (Å²) in [5.41, 5.74) is 11.4. The Morgan fingerprint density at radius 1 is 0.264 bits per heavy atom. The van der Waals surface area contributed by atoms with Crippen LogP contribution in [-0.4, -0.2) is 0 Å². The van der Waals surface area contributed by atoms with E-state index in [0.717, 1.165) is 33.1 Å². The van der Waals surface area contributed by atoms with Gasteiger partial charge in [-0.05, 0) is 100 Å². The minimum atomic E-state index is 0.898. The van der Waals surface area contributed by atoms with Crippen molar-refractivity contribution in [1.29, 1.82) is 0 Å². The van der Waals surface area contributed by atoms with E-state index in [1.807, 2.05) is 0 Å². The van der Waals surface area contributed by atoms with Crippen molar-refractivity contribution in [2.24, 2.45) is 0 Å². The zero-order valence-corrected chi connectivity index (χ0v) is 28.9. The SMILES string of the molecule is c1ccc(-c2cc3c(-c4c5ccccc5c(-c5ccc(-c6ccccc6)c6oc7ccccc7c56)c5ccccc45)cccc3c3ccccc23)cc1. The van der Waals surface area contributed by atoms with Gasteiger partial charge in [-0.3, -0.25) is 0 Å². The van der Waals surface area contributed by atoms with Crippen LogP contribution in [0.4, 0.5) is 0 Å². The lowest BCUT2D eigenvalue weighted by molar-refractivity contribution is 0.670. The van der Waals surface area contributed by atoms with E-state index >= 15 is 0 Å². The molecule has 0 saturated carbocycles. The molecule has 1 heterocycles. The third kappa shape index (κ3) is 4.51. The molecule has 0 aliphatic rings. The number of hydrogen-bond acceptors (Lipinski definition) is 1. The van der Waals surface area contributed by atoms with Gasteiger partial charge in [-0.25, -0.2) is 0 Å². The highest BCUT2D eigenvalue weighted by Crippen LogP contribution is 2.50. The first-order valence-electron chi connectivity index (χ1n) is 18.3. The van der Waals surface area contributed by atoms with Crippen LogP contribution in [0.5, 0.6) is 0 Å². The smallest absolute Gasteiger partial charge is 0.143 e. The highest BCUT2D eigenvalue weighted by atomic mass is 16.3. The van der Waals surface area contributed by atoms with Crippen molar-refractivity contribution >= 4 is 65.0 Å². The molecule has 11 aromatic rings. The van der Waals surface area contributed by atoms with Gasteiger partial charge in [0.2, 0.25) is 0 Å². The molecule has 0 fully saturated rings. The monoisotopic (exact) mass is 672 g/mol. The summed E-state index contributed by atoms with van der Waals surface area (Å²) in [6.45, 7) is 0. The fraction of sp³-hybridized carbons (Fsp3) is 0. The molecule has 1 aromatic heterocycles. The zero-order valence-electron chi connectivity index (χ0n) is 28.9. The Morgan fingerprint density at radius 3 is 1.36 bits per heavy atom. The Labute approximate surface area is 307 Å². The van der Waals surface area contributed by atoms with E-state index in [2.05, 4.69) is 194 Å². The summed E-state index contributed by atoms with van der Waals surface area (Å²) in [5, 5.41) is 12.2. The van der Waals surface area contributed by atoms with Crippen LogP contribution in [-0.2, 0) is 0 Å². The quantitative estimate of drug-likeness (QED) is 0.134. The van der Waals surface area contributed by atoms with Gasteiger partial charge in [0, 0.05) is 16.3 Å². The number of fused-ring (bicyclic) bond motifs is 8. The molecule has 1 nitrogen and oxygen atoms in total. The Balaban J connectivity index is 1.27. The molecule has 11 rings (SSSR count). The van der Waals surface area contributed by atoms with E-state index in [1.54, 1.807) is 0 Å². The lowest BCUT2D eigenvalue weighted by Gasteiger charge is -2.20. The normalized spacial score (nSPS) is 11.8. The summed E-state index contributed by atoms with van der Waals surface area (Å²) in [6.07, 6.45) is 0. The second-order valence-corrected chi connectivity index (χ2v) is 13.9. The molecule has 0 radical (unpaired) electrons. The van der Waals surface area contributed by atoms with Gasteiger partial charge in [0.1, 0.15) is 11.2 Å². The zero-order chi connectivity index (χ0) is 34.9. The second-order valence-electron chi connectivity index (χ2n) is 13.9. The standard InChI is InChI=1S/C52H32O/c1-3-16-33(17-4-1)35-30-31-45(51-44-26-13-14-29-48(44)53-52(35)51)50-41-24-11-9-22-39(41)49(40-23-10-12-25-42(40)50)43-28-15-27-38-36-20-7-8-21-37(36)46(32-47(38)43)34-18-5-2-6-19-34/h1-32H. The Morgan fingerprint density at radius 2 is 0.717 bits per heavy atom. The molecule has 10 aromatic carbocycles. The molecule has 0 amide bonds.